The quantitative estimate of drug-likeness (QED) is 0.870. The highest BCUT2D eigenvalue weighted by atomic mass is 15.2. The van der Waals surface area contributed by atoms with Gasteiger partial charge in [-0.15, -0.1) is 0 Å². The molecule has 0 radical (unpaired) electrons. The molecule has 1 aliphatic heterocycles. The van der Waals surface area contributed by atoms with E-state index in [-0.39, 0.29) is 0 Å². The Hall–Kier alpha value is -1.25. The van der Waals surface area contributed by atoms with Crippen molar-refractivity contribution in [3.05, 3.63) is 18.2 Å². The van der Waals surface area contributed by atoms with Gasteiger partial charge in [0.2, 0.25) is 0 Å². The van der Waals surface area contributed by atoms with Gasteiger partial charge in [-0.05, 0) is 44.2 Å². The minimum Gasteiger partial charge on any atom is -0.370 e. The predicted octanol–water partition coefficient (Wildman–Crippen LogP) is 3.92. The van der Waals surface area contributed by atoms with Crippen molar-refractivity contribution in [3.8, 4) is 0 Å². The normalized spacial score (nSPS) is 20.1. The SMILES string of the molecule is CCCC1CCCN(c2cccc(NCC)n2)CC1. The second-order valence-corrected chi connectivity index (χ2v) is 5.48. The molecule has 0 saturated carbocycles. The van der Waals surface area contributed by atoms with E-state index in [4.69, 9.17) is 4.98 Å². The number of anilines is 2. The fourth-order valence-electron chi connectivity index (χ4n) is 2.97. The van der Waals surface area contributed by atoms with Crippen LogP contribution in [-0.2, 0) is 0 Å². The molecule has 1 unspecified atom stereocenters. The van der Waals surface area contributed by atoms with Gasteiger partial charge in [0.05, 0.1) is 0 Å². The molecule has 1 aromatic heterocycles. The molecular weight excluding hydrogens is 234 g/mol. The number of pyridine rings is 1. The van der Waals surface area contributed by atoms with Gasteiger partial charge >= 0.3 is 0 Å². The van der Waals surface area contributed by atoms with Gasteiger partial charge in [-0.3, -0.25) is 0 Å². The lowest BCUT2D eigenvalue weighted by Crippen LogP contribution is -2.25. The highest BCUT2D eigenvalue weighted by molar-refractivity contribution is 5.47. The maximum absolute atomic E-state index is 4.71. The topological polar surface area (TPSA) is 28.2 Å². The molecule has 106 valence electrons. The van der Waals surface area contributed by atoms with E-state index < -0.39 is 0 Å². The Labute approximate surface area is 117 Å². The smallest absolute Gasteiger partial charge is 0.130 e. The van der Waals surface area contributed by atoms with Crippen LogP contribution in [0, 0.1) is 5.92 Å². The van der Waals surface area contributed by atoms with Gasteiger partial charge in [0, 0.05) is 19.6 Å². The van der Waals surface area contributed by atoms with Gasteiger partial charge < -0.3 is 10.2 Å². The van der Waals surface area contributed by atoms with Crippen LogP contribution in [0.25, 0.3) is 0 Å². The van der Waals surface area contributed by atoms with Gasteiger partial charge in [-0.1, -0.05) is 25.8 Å². The summed E-state index contributed by atoms with van der Waals surface area (Å²) in [5.41, 5.74) is 0. The molecule has 0 aromatic carbocycles. The van der Waals surface area contributed by atoms with Crippen molar-refractivity contribution in [2.45, 2.75) is 46.0 Å². The van der Waals surface area contributed by atoms with Crippen LogP contribution in [0.15, 0.2) is 18.2 Å². The summed E-state index contributed by atoms with van der Waals surface area (Å²) in [6, 6.07) is 6.29. The third-order valence-electron chi connectivity index (χ3n) is 3.96. The Bertz CT molecular complexity index is 378. The summed E-state index contributed by atoms with van der Waals surface area (Å²) in [6.45, 7) is 7.64. The minimum atomic E-state index is 0.923. The first-order valence-electron chi connectivity index (χ1n) is 7.79. The van der Waals surface area contributed by atoms with E-state index >= 15 is 0 Å². The van der Waals surface area contributed by atoms with E-state index in [1.54, 1.807) is 0 Å². The van der Waals surface area contributed by atoms with Gasteiger partial charge in [0.15, 0.2) is 0 Å². The Morgan fingerprint density at radius 3 is 2.95 bits per heavy atom. The Morgan fingerprint density at radius 1 is 1.26 bits per heavy atom. The lowest BCUT2D eigenvalue weighted by molar-refractivity contribution is 0.435. The summed E-state index contributed by atoms with van der Waals surface area (Å²) in [6.07, 6.45) is 6.72. The first-order valence-corrected chi connectivity index (χ1v) is 7.79. The number of rotatable bonds is 5. The van der Waals surface area contributed by atoms with Gasteiger partial charge in [0.1, 0.15) is 11.6 Å². The van der Waals surface area contributed by atoms with Crippen molar-refractivity contribution in [2.75, 3.05) is 29.9 Å². The lowest BCUT2D eigenvalue weighted by atomic mass is 9.96. The Kier molecular flexibility index (Phi) is 5.49. The van der Waals surface area contributed by atoms with Crippen molar-refractivity contribution in [1.29, 1.82) is 0 Å². The second kappa shape index (κ2) is 7.37. The zero-order valence-electron chi connectivity index (χ0n) is 12.4. The van der Waals surface area contributed by atoms with E-state index in [0.717, 1.165) is 37.2 Å². The second-order valence-electron chi connectivity index (χ2n) is 5.48. The molecule has 1 atom stereocenters. The molecular formula is C16H27N3. The van der Waals surface area contributed by atoms with Crippen molar-refractivity contribution in [2.24, 2.45) is 5.92 Å². The molecule has 0 bridgehead atoms. The molecule has 1 aliphatic rings. The summed E-state index contributed by atoms with van der Waals surface area (Å²) in [4.78, 5) is 7.17. The maximum Gasteiger partial charge on any atom is 0.130 e. The molecule has 19 heavy (non-hydrogen) atoms. The molecule has 2 heterocycles. The van der Waals surface area contributed by atoms with E-state index in [9.17, 15) is 0 Å². The minimum absolute atomic E-state index is 0.923. The monoisotopic (exact) mass is 261 g/mol. The average Bonchev–Trinajstić information content (AvgIpc) is 2.66. The molecule has 0 spiro atoms. The predicted molar refractivity (Wildman–Crippen MR) is 82.9 cm³/mol. The van der Waals surface area contributed by atoms with Crippen LogP contribution in [0.5, 0.6) is 0 Å². The molecule has 3 nitrogen and oxygen atoms in total. The van der Waals surface area contributed by atoms with E-state index in [1.165, 1.54) is 32.1 Å². The van der Waals surface area contributed by atoms with Crippen molar-refractivity contribution >= 4 is 11.6 Å². The molecule has 0 aliphatic carbocycles. The molecule has 2 rings (SSSR count). The van der Waals surface area contributed by atoms with Crippen molar-refractivity contribution in [3.63, 3.8) is 0 Å². The summed E-state index contributed by atoms with van der Waals surface area (Å²) in [5, 5.41) is 3.29. The fourth-order valence-corrected chi connectivity index (χ4v) is 2.97. The zero-order valence-corrected chi connectivity index (χ0v) is 12.4. The van der Waals surface area contributed by atoms with Crippen LogP contribution in [0.1, 0.15) is 46.0 Å². The standard InChI is InChI=1S/C16H27N3/c1-3-7-14-8-6-12-19(13-11-14)16-10-5-9-15(18-16)17-4-2/h5,9-10,14H,3-4,6-8,11-13H2,1-2H3,(H,17,18). The zero-order chi connectivity index (χ0) is 13.5. The number of hydrogen-bond donors (Lipinski definition) is 1. The molecule has 1 saturated heterocycles. The van der Waals surface area contributed by atoms with Crippen LogP contribution in [-0.4, -0.2) is 24.6 Å². The molecule has 3 heteroatoms. The summed E-state index contributed by atoms with van der Waals surface area (Å²) in [5.74, 6) is 3.05. The highest BCUT2D eigenvalue weighted by Crippen LogP contribution is 2.25. The number of nitrogens with one attached hydrogen (secondary N) is 1. The molecule has 0 amide bonds. The first kappa shape index (κ1) is 14.2. The van der Waals surface area contributed by atoms with Crippen LogP contribution in [0.4, 0.5) is 11.6 Å². The van der Waals surface area contributed by atoms with Crippen molar-refractivity contribution in [1.82, 2.24) is 4.98 Å². The van der Waals surface area contributed by atoms with Gasteiger partial charge in [-0.2, -0.15) is 0 Å². The molecule has 1 N–H and O–H groups in total. The third-order valence-corrected chi connectivity index (χ3v) is 3.96. The summed E-state index contributed by atoms with van der Waals surface area (Å²) in [7, 11) is 0. The third kappa shape index (κ3) is 4.12. The number of hydrogen-bond acceptors (Lipinski definition) is 3. The first-order chi connectivity index (χ1) is 9.33. The van der Waals surface area contributed by atoms with Crippen LogP contribution >= 0.6 is 0 Å². The van der Waals surface area contributed by atoms with Gasteiger partial charge in [-0.25, -0.2) is 4.98 Å². The van der Waals surface area contributed by atoms with E-state index in [2.05, 4.69) is 36.2 Å². The van der Waals surface area contributed by atoms with Crippen LogP contribution in [0.3, 0.4) is 0 Å². The Morgan fingerprint density at radius 2 is 2.16 bits per heavy atom. The van der Waals surface area contributed by atoms with Crippen LogP contribution in [0.2, 0.25) is 0 Å². The number of aromatic nitrogens is 1. The van der Waals surface area contributed by atoms with Crippen LogP contribution < -0.4 is 10.2 Å². The molecule has 1 fully saturated rings. The average molecular weight is 261 g/mol. The van der Waals surface area contributed by atoms with Crippen molar-refractivity contribution < 1.29 is 0 Å². The summed E-state index contributed by atoms with van der Waals surface area (Å²) < 4.78 is 0. The highest BCUT2D eigenvalue weighted by Gasteiger charge is 2.17. The number of nitrogens with zero attached hydrogens (tertiary/aromatic N) is 2. The Balaban J connectivity index is 1.99. The maximum atomic E-state index is 4.71. The largest absolute Gasteiger partial charge is 0.370 e. The van der Waals surface area contributed by atoms with Gasteiger partial charge in [0.25, 0.3) is 0 Å². The van der Waals surface area contributed by atoms with E-state index in [1.807, 2.05) is 6.07 Å². The summed E-state index contributed by atoms with van der Waals surface area (Å²) >= 11 is 0. The molecule has 1 aromatic rings. The lowest BCUT2D eigenvalue weighted by Gasteiger charge is -2.22. The fraction of sp³-hybridized carbons (Fsp3) is 0.688. The van der Waals surface area contributed by atoms with E-state index in [0.29, 0.717) is 0 Å².